The molecule has 0 amide bonds. The first kappa shape index (κ1) is 27.5. The Balaban J connectivity index is 1.49. The summed E-state index contributed by atoms with van der Waals surface area (Å²) in [7, 11) is -2.80. The van der Waals surface area contributed by atoms with E-state index < -0.39 is 38.9 Å². The predicted molar refractivity (Wildman–Crippen MR) is 150 cm³/mol. The fraction of sp³-hybridized carbons (Fsp3) is 0.185. The van der Waals surface area contributed by atoms with Crippen LogP contribution < -0.4 is 4.72 Å². The van der Waals surface area contributed by atoms with Crippen molar-refractivity contribution in [2.45, 2.75) is 20.3 Å². The van der Waals surface area contributed by atoms with Gasteiger partial charge < -0.3 is 4.98 Å². The molecule has 5 aromatic rings. The zero-order valence-electron chi connectivity index (χ0n) is 21.7. The minimum Gasteiger partial charge on any atom is -0.345 e. The molecule has 0 bridgehead atoms. The summed E-state index contributed by atoms with van der Waals surface area (Å²) in [6.07, 6.45) is 3.76. The molecule has 0 radical (unpaired) electrons. The Hall–Kier alpha value is -4.07. The summed E-state index contributed by atoms with van der Waals surface area (Å²) in [5, 5.41) is 10.5. The van der Waals surface area contributed by atoms with E-state index >= 15 is 4.39 Å². The number of carbonyl (C=O) groups excluding carboxylic acids is 1. The van der Waals surface area contributed by atoms with E-state index in [0.29, 0.717) is 16.6 Å². The van der Waals surface area contributed by atoms with Gasteiger partial charge in [-0.3, -0.25) is 9.52 Å². The number of benzene rings is 2. The fourth-order valence-electron chi connectivity index (χ4n) is 4.03. The SMILES string of the molecule is CCc1nnc(-c2ccc(-c3cnc4[nH]cc(C(=O)c5c(F)ccc(NS(=O)(=O)N(C)CC)c5F)c4c3)cc2)s1. The van der Waals surface area contributed by atoms with Crippen LogP contribution in [-0.2, 0) is 16.6 Å². The van der Waals surface area contributed by atoms with E-state index in [0.717, 1.165) is 44.0 Å². The molecule has 0 unspecified atom stereocenters. The van der Waals surface area contributed by atoms with E-state index in [9.17, 15) is 17.6 Å². The first-order valence-electron chi connectivity index (χ1n) is 12.3. The average molecular weight is 583 g/mol. The molecule has 0 atom stereocenters. The van der Waals surface area contributed by atoms with Crippen LogP contribution in [0.4, 0.5) is 14.5 Å². The van der Waals surface area contributed by atoms with Gasteiger partial charge in [0.1, 0.15) is 21.5 Å². The Labute approximate surface area is 233 Å². The normalized spacial score (nSPS) is 11.8. The van der Waals surface area contributed by atoms with Gasteiger partial charge >= 0.3 is 10.2 Å². The third-order valence-electron chi connectivity index (χ3n) is 6.42. The van der Waals surface area contributed by atoms with Crippen LogP contribution in [0.3, 0.4) is 0 Å². The molecule has 0 spiro atoms. The Morgan fingerprint density at radius 2 is 1.77 bits per heavy atom. The lowest BCUT2D eigenvalue weighted by molar-refractivity contribution is 0.103. The lowest BCUT2D eigenvalue weighted by Crippen LogP contribution is -2.32. The molecule has 0 aliphatic heterocycles. The molecule has 2 aromatic carbocycles. The summed E-state index contributed by atoms with van der Waals surface area (Å²) in [4.78, 5) is 20.7. The van der Waals surface area contributed by atoms with Crippen molar-refractivity contribution in [2.75, 3.05) is 18.3 Å². The number of anilines is 1. The minimum absolute atomic E-state index is 0.00888. The molecule has 2 N–H and O–H groups in total. The number of nitrogens with one attached hydrogen (secondary N) is 2. The van der Waals surface area contributed by atoms with Crippen molar-refractivity contribution in [1.82, 2.24) is 24.5 Å². The van der Waals surface area contributed by atoms with E-state index in [1.807, 2.05) is 31.2 Å². The van der Waals surface area contributed by atoms with Gasteiger partial charge in [0.15, 0.2) is 5.82 Å². The number of aromatic nitrogens is 4. The van der Waals surface area contributed by atoms with Gasteiger partial charge in [-0.25, -0.2) is 13.8 Å². The highest BCUT2D eigenvalue weighted by molar-refractivity contribution is 7.90. The van der Waals surface area contributed by atoms with Gasteiger partial charge in [-0.15, -0.1) is 10.2 Å². The summed E-state index contributed by atoms with van der Waals surface area (Å²) in [5.74, 6) is -3.38. The monoisotopic (exact) mass is 582 g/mol. The van der Waals surface area contributed by atoms with Crippen LogP contribution >= 0.6 is 11.3 Å². The number of halogens is 2. The second-order valence-electron chi connectivity index (χ2n) is 8.89. The summed E-state index contributed by atoms with van der Waals surface area (Å²) in [6.45, 7) is 3.74. The quantitative estimate of drug-likeness (QED) is 0.224. The second-order valence-corrected chi connectivity index (χ2v) is 11.7. The minimum atomic E-state index is -4.10. The van der Waals surface area contributed by atoms with Crippen molar-refractivity contribution in [2.24, 2.45) is 0 Å². The third-order valence-corrected chi connectivity index (χ3v) is 9.10. The number of carbonyl (C=O) groups is 1. The van der Waals surface area contributed by atoms with E-state index in [1.165, 1.54) is 24.6 Å². The van der Waals surface area contributed by atoms with Crippen LogP contribution in [0.5, 0.6) is 0 Å². The standard InChI is InChI=1S/C27H24F2N6O3S2/c1-4-22-32-33-27(39-22)16-8-6-15(7-9-16)17-12-18-19(14-31-26(18)30-13-17)25(36)23-20(28)10-11-21(24(23)29)34-40(37,38)35(3)5-2/h6-14,34H,4-5H2,1-3H3,(H,30,31). The third kappa shape index (κ3) is 5.10. The van der Waals surface area contributed by atoms with E-state index in [4.69, 9.17) is 0 Å². The Bertz CT molecular complexity index is 1840. The van der Waals surface area contributed by atoms with Crippen LogP contribution in [0, 0.1) is 11.6 Å². The van der Waals surface area contributed by atoms with Gasteiger partial charge in [-0.2, -0.15) is 12.7 Å². The number of hydrogen-bond donors (Lipinski definition) is 2. The van der Waals surface area contributed by atoms with Crippen molar-refractivity contribution >= 4 is 44.1 Å². The van der Waals surface area contributed by atoms with Gasteiger partial charge in [-0.1, -0.05) is 49.4 Å². The van der Waals surface area contributed by atoms with E-state index in [-0.39, 0.29) is 12.1 Å². The predicted octanol–water partition coefficient (Wildman–Crippen LogP) is 5.43. The fourth-order valence-corrected chi connectivity index (χ4v) is 5.74. The summed E-state index contributed by atoms with van der Waals surface area (Å²) in [6, 6.07) is 11.1. The Morgan fingerprint density at radius 3 is 2.45 bits per heavy atom. The molecule has 3 aromatic heterocycles. The van der Waals surface area contributed by atoms with Gasteiger partial charge in [-0.05, 0) is 30.2 Å². The zero-order valence-corrected chi connectivity index (χ0v) is 23.3. The summed E-state index contributed by atoms with van der Waals surface area (Å²) >= 11 is 1.52. The van der Waals surface area contributed by atoms with Crippen molar-refractivity contribution < 1.29 is 22.0 Å². The maximum Gasteiger partial charge on any atom is 0.301 e. The second kappa shape index (κ2) is 10.8. The maximum atomic E-state index is 15.4. The Morgan fingerprint density at radius 1 is 1.05 bits per heavy atom. The maximum absolute atomic E-state index is 15.4. The molecular weight excluding hydrogens is 558 g/mol. The Kier molecular flexibility index (Phi) is 7.45. The molecule has 206 valence electrons. The van der Waals surface area contributed by atoms with Crippen molar-refractivity contribution in [3.8, 4) is 21.7 Å². The first-order chi connectivity index (χ1) is 19.1. The van der Waals surface area contributed by atoms with Crippen LogP contribution in [0.1, 0.15) is 34.8 Å². The van der Waals surface area contributed by atoms with Crippen molar-refractivity contribution in [3.63, 3.8) is 0 Å². The van der Waals surface area contributed by atoms with Gasteiger partial charge in [0.2, 0.25) is 5.78 Å². The molecule has 0 saturated carbocycles. The van der Waals surface area contributed by atoms with E-state index in [2.05, 4.69) is 24.9 Å². The zero-order chi connectivity index (χ0) is 28.6. The molecule has 3 heterocycles. The molecular formula is C27H24F2N6O3S2. The summed E-state index contributed by atoms with van der Waals surface area (Å²) in [5.41, 5.74) is 1.34. The van der Waals surface area contributed by atoms with Gasteiger partial charge in [0.25, 0.3) is 0 Å². The molecule has 40 heavy (non-hydrogen) atoms. The number of hydrogen-bond acceptors (Lipinski definition) is 7. The highest BCUT2D eigenvalue weighted by Crippen LogP contribution is 2.31. The number of rotatable bonds is 9. The van der Waals surface area contributed by atoms with Gasteiger partial charge in [0, 0.05) is 48.1 Å². The molecule has 0 fully saturated rings. The first-order valence-corrected chi connectivity index (χ1v) is 14.6. The lowest BCUT2D eigenvalue weighted by atomic mass is 9.99. The van der Waals surface area contributed by atoms with E-state index in [1.54, 1.807) is 19.2 Å². The molecule has 9 nitrogen and oxygen atoms in total. The summed E-state index contributed by atoms with van der Waals surface area (Å²) < 4.78 is 58.0. The highest BCUT2D eigenvalue weighted by atomic mass is 32.2. The molecule has 13 heteroatoms. The topological polar surface area (TPSA) is 121 Å². The number of ketones is 1. The average Bonchev–Trinajstić information content (AvgIpc) is 3.61. The van der Waals surface area contributed by atoms with Gasteiger partial charge in [0.05, 0.1) is 11.3 Å². The molecule has 0 saturated heterocycles. The lowest BCUT2D eigenvalue weighted by Gasteiger charge is -2.17. The number of aryl methyl sites for hydroxylation is 1. The van der Waals surface area contributed by atoms with Crippen LogP contribution in [0.15, 0.2) is 54.9 Å². The number of fused-ring (bicyclic) bond motifs is 1. The smallest absolute Gasteiger partial charge is 0.301 e. The van der Waals surface area contributed by atoms with Crippen LogP contribution in [0.2, 0.25) is 0 Å². The molecule has 0 aliphatic carbocycles. The highest BCUT2D eigenvalue weighted by Gasteiger charge is 2.27. The largest absolute Gasteiger partial charge is 0.345 e. The molecule has 0 aliphatic rings. The number of nitrogens with zero attached hydrogens (tertiary/aromatic N) is 4. The van der Waals surface area contributed by atoms with Crippen LogP contribution in [-0.4, -0.2) is 52.3 Å². The number of aromatic amines is 1. The van der Waals surface area contributed by atoms with Crippen LogP contribution in [0.25, 0.3) is 32.7 Å². The van der Waals surface area contributed by atoms with Crippen molar-refractivity contribution in [3.05, 3.63) is 82.6 Å². The molecule has 5 rings (SSSR count). The number of pyridine rings is 1. The number of H-pyrrole nitrogens is 1. The van der Waals surface area contributed by atoms with Crippen molar-refractivity contribution in [1.29, 1.82) is 0 Å².